The summed E-state index contributed by atoms with van der Waals surface area (Å²) in [6, 6.07) is 6.70. The second-order valence-electron chi connectivity index (χ2n) is 9.11. The fourth-order valence-corrected chi connectivity index (χ4v) is 4.30. The quantitative estimate of drug-likeness (QED) is 0.303. The number of fused-ring (bicyclic) bond motifs is 2. The highest BCUT2D eigenvalue weighted by atomic mass is 19.4. The van der Waals surface area contributed by atoms with Crippen molar-refractivity contribution in [2.75, 3.05) is 17.2 Å². The number of amides is 1. The van der Waals surface area contributed by atoms with Crippen molar-refractivity contribution >= 4 is 28.6 Å². The van der Waals surface area contributed by atoms with Gasteiger partial charge in [-0.2, -0.15) is 31.4 Å². The topological polar surface area (TPSA) is 97.6 Å². The molecule has 0 unspecified atom stereocenters. The average molecular weight is 571 g/mol. The third-order valence-electron chi connectivity index (χ3n) is 6.41. The van der Waals surface area contributed by atoms with Crippen molar-refractivity contribution in [3.8, 4) is 11.5 Å². The molecule has 3 aromatic heterocycles. The molecular weight excluding hydrogens is 554 g/mol. The largest absolute Gasteiger partial charge is 0.407 e. The standard InChI is InChI=1S/C24H17F8N7O/c1-22(24(30,31)32)15-17(33-7-6-23(27,28)29)35-19(36-18(15)37-21(22)40)16-13-8-12(25)9-34-20(13)39(38-16)10-11-4-2-3-5-14(11)26/h2-5,8-9H,6-7,10H2,1H3,(H2,33,35,36,37,40)/t22-/m0/s1. The molecule has 8 nitrogen and oxygen atoms in total. The van der Waals surface area contributed by atoms with E-state index in [-0.39, 0.29) is 28.8 Å². The minimum Gasteiger partial charge on any atom is -0.369 e. The Morgan fingerprint density at radius 3 is 2.48 bits per heavy atom. The van der Waals surface area contributed by atoms with Crippen LogP contribution in [0.4, 0.5) is 46.8 Å². The van der Waals surface area contributed by atoms with Gasteiger partial charge in [0.1, 0.15) is 29.0 Å². The van der Waals surface area contributed by atoms with Crippen LogP contribution >= 0.6 is 0 Å². The van der Waals surface area contributed by atoms with E-state index < -0.39 is 71.3 Å². The van der Waals surface area contributed by atoms with Crippen molar-refractivity contribution in [1.82, 2.24) is 24.7 Å². The summed E-state index contributed by atoms with van der Waals surface area (Å²) in [5.74, 6) is -4.64. The highest BCUT2D eigenvalue weighted by Gasteiger charge is 2.63. The molecule has 1 aliphatic heterocycles. The summed E-state index contributed by atoms with van der Waals surface area (Å²) in [5, 5.41) is 8.52. The van der Waals surface area contributed by atoms with Gasteiger partial charge in [0.15, 0.2) is 16.9 Å². The molecule has 5 rings (SSSR count). The number of halogens is 8. The number of hydrogen-bond donors (Lipinski definition) is 2. The van der Waals surface area contributed by atoms with Gasteiger partial charge in [0, 0.05) is 12.1 Å². The van der Waals surface area contributed by atoms with E-state index in [4.69, 9.17) is 0 Å². The van der Waals surface area contributed by atoms with Crippen LogP contribution in [0.25, 0.3) is 22.6 Å². The molecule has 0 saturated carbocycles. The first-order chi connectivity index (χ1) is 18.7. The molecule has 40 heavy (non-hydrogen) atoms. The van der Waals surface area contributed by atoms with E-state index in [1.54, 1.807) is 6.07 Å². The number of rotatable bonds is 6. The molecule has 0 saturated heterocycles. The lowest BCUT2D eigenvalue weighted by atomic mass is 9.83. The minimum atomic E-state index is -5.16. The predicted octanol–water partition coefficient (Wildman–Crippen LogP) is 5.35. The molecule has 4 heterocycles. The Kier molecular flexibility index (Phi) is 6.38. The van der Waals surface area contributed by atoms with Crippen molar-refractivity contribution in [2.24, 2.45) is 0 Å². The van der Waals surface area contributed by atoms with Gasteiger partial charge in [0.05, 0.1) is 30.1 Å². The van der Waals surface area contributed by atoms with E-state index >= 15 is 0 Å². The summed E-state index contributed by atoms with van der Waals surface area (Å²) in [4.78, 5) is 24.5. The van der Waals surface area contributed by atoms with Crippen molar-refractivity contribution in [2.45, 2.75) is 37.7 Å². The van der Waals surface area contributed by atoms with Gasteiger partial charge in [-0.15, -0.1) is 0 Å². The maximum Gasteiger partial charge on any atom is 0.407 e. The molecule has 16 heteroatoms. The third-order valence-corrected chi connectivity index (χ3v) is 6.41. The SMILES string of the molecule is C[C@@]1(C(F)(F)F)C(=O)Nc2nc(-c3nn(Cc4ccccc4F)c4ncc(F)cc34)nc(NCCC(F)(F)F)c21. The van der Waals surface area contributed by atoms with Gasteiger partial charge in [0.2, 0.25) is 5.91 Å². The molecule has 1 atom stereocenters. The Balaban J connectivity index is 1.68. The predicted molar refractivity (Wildman–Crippen MR) is 125 cm³/mol. The first-order valence-corrected chi connectivity index (χ1v) is 11.6. The van der Waals surface area contributed by atoms with Crippen LogP contribution in [0.3, 0.4) is 0 Å². The lowest BCUT2D eigenvalue weighted by molar-refractivity contribution is -0.186. The molecule has 0 radical (unpaired) electrons. The van der Waals surface area contributed by atoms with Crippen molar-refractivity contribution in [1.29, 1.82) is 0 Å². The molecule has 2 N–H and O–H groups in total. The Morgan fingerprint density at radius 2 is 1.80 bits per heavy atom. The van der Waals surface area contributed by atoms with Gasteiger partial charge in [-0.1, -0.05) is 18.2 Å². The van der Waals surface area contributed by atoms with Gasteiger partial charge < -0.3 is 10.6 Å². The number of aromatic nitrogens is 5. The number of carbonyl (C=O) groups is 1. The smallest absolute Gasteiger partial charge is 0.369 e. The van der Waals surface area contributed by atoms with Crippen LogP contribution < -0.4 is 10.6 Å². The number of anilines is 2. The number of hydrogen-bond acceptors (Lipinski definition) is 6. The molecule has 210 valence electrons. The highest BCUT2D eigenvalue weighted by Crippen LogP contribution is 2.50. The number of benzene rings is 1. The summed E-state index contributed by atoms with van der Waals surface area (Å²) in [7, 11) is 0. The maximum absolute atomic E-state index is 14.3. The molecule has 0 fully saturated rings. The van der Waals surface area contributed by atoms with Crippen LogP contribution in [0.1, 0.15) is 24.5 Å². The Bertz CT molecular complexity index is 1630. The third kappa shape index (κ3) is 4.66. The summed E-state index contributed by atoms with van der Waals surface area (Å²) in [6.45, 7) is -0.497. The Labute approximate surface area is 219 Å². The lowest BCUT2D eigenvalue weighted by Gasteiger charge is -2.26. The van der Waals surface area contributed by atoms with E-state index in [1.807, 2.05) is 5.32 Å². The Hall–Kier alpha value is -4.37. The maximum atomic E-state index is 14.3. The molecular formula is C24H17F8N7O. The number of carbonyl (C=O) groups excluding carboxylic acids is 1. The first kappa shape index (κ1) is 27.2. The van der Waals surface area contributed by atoms with Gasteiger partial charge in [0.25, 0.3) is 0 Å². The average Bonchev–Trinajstić information content (AvgIpc) is 3.34. The van der Waals surface area contributed by atoms with E-state index in [0.29, 0.717) is 6.92 Å². The molecule has 4 aromatic rings. The van der Waals surface area contributed by atoms with Crippen LogP contribution in [-0.2, 0) is 16.8 Å². The van der Waals surface area contributed by atoms with Gasteiger partial charge >= 0.3 is 12.4 Å². The van der Waals surface area contributed by atoms with E-state index in [0.717, 1.165) is 12.3 Å². The molecule has 1 aliphatic rings. The van der Waals surface area contributed by atoms with Crippen molar-refractivity contribution < 1.29 is 39.9 Å². The van der Waals surface area contributed by atoms with Crippen LogP contribution in [0, 0.1) is 11.6 Å². The Morgan fingerprint density at radius 1 is 1.07 bits per heavy atom. The number of alkyl halides is 6. The van der Waals surface area contributed by atoms with E-state index in [1.165, 1.54) is 22.9 Å². The second kappa shape index (κ2) is 9.38. The first-order valence-electron chi connectivity index (χ1n) is 11.6. The zero-order valence-corrected chi connectivity index (χ0v) is 20.3. The summed E-state index contributed by atoms with van der Waals surface area (Å²) in [6.07, 6.45) is -10.3. The monoisotopic (exact) mass is 571 g/mol. The van der Waals surface area contributed by atoms with Crippen LogP contribution in [-0.4, -0.2) is 49.5 Å². The van der Waals surface area contributed by atoms with Gasteiger partial charge in [-0.3, -0.25) is 4.79 Å². The van der Waals surface area contributed by atoms with Gasteiger partial charge in [-0.05, 0) is 19.1 Å². The van der Waals surface area contributed by atoms with Crippen molar-refractivity contribution in [3.63, 3.8) is 0 Å². The molecule has 0 aliphatic carbocycles. The van der Waals surface area contributed by atoms with Gasteiger partial charge in [-0.25, -0.2) is 28.4 Å². The lowest BCUT2D eigenvalue weighted by Crippen LogP contribution is -2.45. The van der Waals surface area contributed by atoms with Crippen molar-refractivity contribution in [3.05, 3.63) is 59.3 Å². The summed E-state index contributed by atoms with van der Waals surface area (Å²) < 4.78 is 110. The second-order valence-corrected chi connectivity index (χ2v) is 9.11. The number of pyridine rings is 1. The molecule has 0 spiro atoms. The van der Waals surface area contributed by atoms with Crippen LogP contribution in [0.2, 0.25) is 0 Å². The summed E-state index contributed by atoms with van der Waals surface area (Å²) in [5.41, 5.74) is -3.96. The fraction of sp³-hybridized carbons (Fsp3) is 0.292. The molecule has 1 amide bonds. The zero-order valence-electron chi connectivity index (χ0n) is 20.3. The minimum absolute atomic E-state index is 0.0135. The van der Waals surface area contributed by atoms with E-state index in [2.05, 4.69) is 25.4 Å². The fourth-order valence-electron chi connectivity index (χ4n) is 4.30. The zero-order chi connectivity index (χ0) is 29.0. The molecule has 1 aromatic carbocycles. The normalized spacial score (nSPS) is 17.3. The number of nitrogens with one attached hydrogen (secondary N) is 2. The van der Waals surface area contributed by atoms with Crippen LogP contribution in [0.15, 0.2) is 36.5 Å². The number of nitrogens with zero attached hydrogens (tertiary/aromatic N) is 5. The molecule has 0 bridgehead atoms. The van der Waals surface area contributed by atoms with Crippen LogP contribution in [0.5, 0.6) is 0 Å². The summed E-state index contributed by atoms with van der Waals surface area (Å²) >= 11 is 0. The highest BCUT2D eigenvalue weighted by molar-refractivity contribution is 6.07. The van der Waals surface area contributed by atoms with E-state index in [9.17, 15) is 39.9 Å².